The summed E-state index contributed by atoms with van der Waals surface area (Å²) in [6, 6.07) is 6.29. The van der Waals surface area contributed by atoms with Crippen LogP contribution in [0.4, 0.5) is 13.2 Å². The van der Waals surface area contributed by atoms with Crippen LogP contribution in [0.3, 0.4) is 0 Å². The van der Waals surface area contributed by atoms with Gasteiger partial charge in [-0.15, -0.1) is 0 Å². The van der Waals surface area contributed by atoms with E-state index in [1.165, 1.54) is 12.1 Å². The summed E-state index contributed by atoms with van der Waals surface area (Å²) in [6.45, 7) is 2.99. The van der Waals surface area contributed by atoms with E-state index < -0.39 is 11.7 Å². The molecule has 4 heteroatoms. The van der Waals surface area contributed by atoms with E-state index in [-0.39, 0.29) is 5.92 Å². The molecule has 2 unspecified atom stereocenters. The van der Waals surface area contributed by atoms with Crippen molar-refractivity contribution in [3.63, 3.8) is 0 Å². The highest BCUT2D eigenvalue weighted by molar-refractivity contribution is 5.28. The van der Waals surface area contributed by atoms with Crippen LogP contribution in [0, 0.1) is 0 Å². The van der Waals surface area contributed by atoms with Crippen molar-refractivity contribution in [1.29, 1.82) is 0 Å². The molecule has 0 heterocycles. The minimum atomic E-state index is -4.25. The van der Waals surface area contributed by atoms with Crippen LogP contribution < -0.4 is 5.32 Å². The summed E-state index contributed by atoms with van der Waals surface area (Å²) in [7, 11) is 0. The maximum Gasteiger partial charge on any atom is 0.416 e. The summed E-state index contributed by atoms with van der Waals surface area (Å²) < 4.78 is 38.4. The lowest BCUT2D eigenvalue weighted by Crippen LogP contribution is -2.29. The quantitative estimate of drug-likeness (QED) is 0.792. The van der Waals surface area contributed by atoms with Crippen molar-refractivity contribution in [2.45, 2.75) is 57.2 Å². The van der Waals surface area contributed by atoms with Gasteiger partial charge in [0.05, 0.1) is 5.56 Å². The molecule has 1 nitrogen and oxygen atoms in total. The molecule has 1 N–H and O–H groups in total. The molecular weight excluding hydrogens is 263 g/mol. The van der Waals surface area contributed by atoms with Crippen LogP contribution in [-0.4, -0.2) is 12.6 Å². The Bertz CT molecular complexity index is 428. The first-order chi connectivity index (χ1) is 9.50. The summed E-state index contributed by atoms with van der Waals surface area (Å²) in [5.41, 5.74) is 0.309. The van der Waals surface area contributed by atoms with Gasteiger partial charge in [-0.1, -0.05) is 38.0 Å². The van der Waals surface area contributed by atoms with Crippen molar-refractivity contribution >= 4 is 0 Å². The number of rotatable bonds is 3. The number of hydrogen-bond donors (Lipinski definition) is 1. The van der Waals surface area contributed by atoms with Gasteiger partial charge >= 0.3 is 6.18 Å². The second kappa shape index (κ2) is 6.61. The molecule has 112 valence electrons. The number of benzene rings is 1. The van der Waals surface area contributed by atoms with E-state index in [0.717, 1.165) is 50.3 Å². The SMILES string of the molecule is CCNC1CCCCC(c2cccc(C(F)(F)F)c2)C1. The molecule has 0 radical (unpaired) electrons. The first-order valence-electron chi connectivity index (χ1n) is 7.41. The van der Waals surface area contributed by atoms with Crippen molar-refractivity contribution < 1.29 is 13.2 Å². The van der Waals surface area contributed by atoms with Crippen molar-refractivity contribution in [1.82, 2.24) is 5.32 Å². The standard InChI is InChI=1S/C16H22F3N/c1-2-20-15-9-4-3-6-13(11-15)12-7-5-8-14(10-12)16(17,18)19/h5,7-8,10,13,15,20H,2-4,6,9,11H2,1H3. The zero-order valence-corrected chi connectivity index (χ0v) is 11.8. The van der Waals surface area contributed by atoms with Gasteiger partial charge in [-0.05, 0) is 43.4 Å². The predicted molar refractivity (Wildman–Crippen MR) is 74.7 cm³/mol. The second-order valence-electron chi connectivity index (χ2n) is 5.59. The van der Waals surface area contributed by atoms with E-state index in [0.29, 0.717) is 6.04 Å². The Morgan fingerprint density at radius 3 is 2.65 bits per heavy atom. The Kier molecular flexibility index (Phi) is 5.08. The normalized spacial score (nSPS) is 24.4. The average molecular weight is 285 g/mol. The molecule has 0 aliphatic heterocycles. The van der Waals surface area contributed by atoms with Gasteiger partial charge in [0.25, 0.3) is 0 Å². The van der Waals surface area contributed by atoms with E-state index in [9.17, 15) is 13.2 Å². The summed E-state index contributed by atoms with van der Waals surface area (Å²) in [4.78, 5) is 0. The van der Waals surface area contributed by atoms with Crippen molar-refractivity contribution in [3.05, 3.63) is 35.4 Å². The third kappa shape index (κ3) is 3.98. The van der Waals surface area contributed by atoms with Gasteiger partial charge in [0.1, 0.15) is 0 Å². The lowest BCUT2D eigenvalue weighted by atomic mass is 9.89. The van der Waals surface area contributed by atoms with Crippen LogP contribution in [0.5, 0.6) is 0 Å². The molecule has 0 bridgehead atoms. The van der Waals surface area contributed by atoms with Gasteiger partial charge in [-0.3, -0.25) is 0 Å². The molecule has 0 amide bonds. The van der Waals surface area contributed by atoms with E-state index in [1.807, 2.05) is 6.07 Å². The average Bonchev–Trinajstić information content (AvgIpc) is 2.64. The third-order valence-corrected chi connectivity index (χ3v) is 4.10. The fourth-order valence-electron chi connectivity index (χ4n) is 3.11. The van der Waals surface area contributed by atoms with E-state index in [2.05, 4.69) is 12.2 Å². The van der Waals surface area contributed by atoms with Crippen LogP contribution in [0.25, 0.3) is 0 Å². The largest absolute Gasteiger partial charge is 0.416 e. The molecule has 1 aromatic rings. The maximum absolute atomic E-state index is 12.8. The molecule has 2 atom stereocenters. The second-order valence-corrected chi connectivity index (χ2v) is 5.59. The third-order valence-electron chi connectivity index (χ3n) is 4.10. The summed E-state index contributed by atoms with van der Waals surface area (Å²) in [5.74, 6) is 0.240. The summed E-state index contributed by atoms with van der Waals surface area (Å²) >= 11 is 0. The van der Waals surface area contributed by atoms with Gasteiger partial charge in [0.15, 0.2) is 0 Å². The van der Waals surface area contributed by atoms with Crippen LogP contribution >= 0.6 is 0 Å². The monoisotopic (exact) mass is 285 g/mol. The molecule has 0 spiro atoms. The zero-order valence-electron chi connectivity index (χ0n) is 11.8. The molecule has 1 fully saturated rings. The highest BCUT2D eigenvalue weighted by atomic mass is 19.4. The smallest absolute Gasteiger partial charge is 0.314 e. The number of alkyl halides is 3. The maximum atomic E-state index is 12.8. The van der Waals surface area contributed by atoms with Gasteiger partial charge in [0, 0.05) is 6.04 Å². The Balaban J connectivity index is 2.16. The van der Waals surface area contributed by atoms with Crippen LogP contribution in [0.15, 0.2) is 24.3 Å². The van der Waals surface area contributed by atoms with E-state index in [1.54, 1.807) is 0 Å². The molecule has 0 saturated heterocycles. The predicted octanol–water partition coefficient (Wildman–Crippen LogP) is 4.73. The van der Waals surface area contributed by atoms with Crippen LogP contribution in [-0.2, 0) is 6.18 Å². The number of nitrogens with one attached hydrogen (secondary N) is 1. The topological polar surface area (TPSA) is 12.0 Å². The van der Waals surface area contributed by atoms with E-state index in [4.69, 9.17) is 0 Å². The number of halogens is 3. The van der Waals surface area contributed by atoms with Gasteiger partial charge in [-0.2, -0.15) is 13.2 Å². The lowest BCUT2D eigenvalue weighted by molar-refractivity contribution is -0.137. The molecule has 2 rings (SSSR count). The van der Waals surface area contributed by atoms with Crippen LogP contribution in [0.2, 0.25) is 0 Å². The van der Waals surface area contributed by atoms with Gasteiger partial charge in [0.2, 0.25) is 0 Å². The Morgan fingerprint density at radius 1 is 1.20 bits per heavy atom. The minimum absolute atomic E-state index is 0.240. The Morgan fingerprint density at radius 2 is 1.95 bits per heavy atom. The van der Waals surface area contributed by atoms with Crippen molar-refractivity contribution in [2.24, 2.45) is 0 Å². The molecule has 1 aliphatic carbocycles. The highest BCUT2D eigenvalue weighted by Gasteiger charge is 2.31. The molecule has 0 aromatic heterocycles. The van der Waals surface area contributed by atoms with Gasteiger partial charge in [-0.25, -0.2) is 0 Å². The van der Waals surface area contributed by atoms with Crippen molar-refractivity contribution in [3.8, 4) is 0 Å². The lowest BCUT2D eigenvalue weighted by Gasteiger charge is -2.21. The molecule has 1 aliphatic rings. The highest BCUT2D eigenvalue weighted by Crippen LogP contribution is 2.35. The fraction of sp³-hybridized carbons (Fsp3) is 0.625. The van der Waals surface area contributed by atoms with Crippen molar-refractivity contribution in [2.75, 3.05) is 6.54 Å². The van der Waals surface area contributed by atoms with Gasteiger partial charge < -0.3 is 5.32 Å². The first-order valence-corrected chi connectivity index (χ1v) is 7.41. The molecule has 1 aromatic carbocycles. The number of hydrogen-bond acceptors (Lipinski definition) is 1. The zero-order chi connectivity index (χ0) is 14.6. The summed E-state index contributed by atoms with van der Waals surface area (Å²) in [5, 5.41) is 3.45. The molecule has 1 saturated carbocycles. The summed E-state index contributed by atoms with van der Waals surface area (Å²) in [6.07, 6.45) is 1.07. The molecular formula is C16H22F3N. The first kappa shape index (κ1) is 15.4. The molecule has 20 heavy (non-hydrogen) atoms. The van der Waals surface area contributed by atoms with E-state index >= 15 is 0 Å². The minimum Gasteiger partial charge on any atom is -0.314 e. The van der Waals surface area contributed by atoms with Crippen LogP contribution in [0.1, 0.15) is 56.1 Å². The Labute approximate surface area is 118 Å². The Hall–Kier alpha value is -1.03. The fourth-order valence-corrected chi connectivity index (χ4v) is 3.11.